The zero-order chi connectivity index (χ0) is 14.3. The van der Waals surface area contributed by atoms with E-state index >= 15 is 0 Å². The Kier molecular flexibility index (Phi) is 3.26. The second-order valence-corrected chi connectivity index (χ2v) is 6.95. The Hall–Kier alpha value is -1.62. The summed E-state index contributed by atoms with van der Waals surface area (Å²) >= 11 is 0. The average Bonchev–Trinajstić information content (AvgIpc) is 3.14. The number of esters is 1. The number of hydrogen-bond donors (Lipinski definition) is 0. The molecule has 2 rings (SSSR count). The Morgan fingerprint density at radius 2 is 2.00 bits per heavy atom. The van der Waals surface area contributed by atoms with Gasteiger partial charge in [0, 0.05) is 5.92 Å². The zero-order valence-electron chi connectivity index (χ0n) is 10.9. The van der Waals surface area contributed by atoms with Crippen LogP contribution in [0, 0.1) is 12.8 Å². The van der Waals surface area contributed by atoms with E-state index in [4.69, 9.17) is 0 Å². The minimum absolute atomic E-state index is 0.146. The van der Waals surface area contributed by atoms with Crippen molar-refractivity contribution >= 4 is 15.8 Å². The van der Waals surface area contributed by atoms with E-state index in [2.05, 4.69) is 11.3 Å². The van der Waals surface area contributed by atoms with Crippen LogP contribution in [-0.4, -0.2) is 26.2 Å². The van der Waals surface area contributed by atoms with Crippen molar-refractivity contribution < 1.29 is 17.9 Å². The molecule has 0 spiro atoms. The molecule has 1 saturated carbocycles. The molecular formula is C14H16O4S. The molecule has 0 radical (unpaired) electrons. The predicted octanol–water partition coefficient (Wildman–Crippen LogP) is 1.89. The summed E-state index contributed by atoms with van der Waals surface area (Å²) in [5, 5.41) is 0. The second-order valence-electron chi connectivity index (χ2n) is 4.74. The van der Waals surface area contributed by atoms with E-state index in [1.807, 2.05) is 6.92 Å². The third-order valence-corrected chi connectivity index (χ3v) is 6.08. The van der Waals surface area contributed by atoms with Crippen LogP contribution in [0.15, 0.2) is 41.8 Å². The molecule has 0 aliphatic heterocycles. The summed E-state index contributed by atoms with van der Waals surface area (Å²) in [4.78, 5) is 12.0. The lowest BCUT2D eigenvalue weighted by Gasteiger charge is -2.15. The van der Waals surface area contributed by atoms with Gasteiger partial charge < -0.3 is 4.74 Å². The van der Waals surface area contributed by atoms with Crippen LogP contribution in [0.4, 0.5) is 0 Å². The first-order valence-electron chi connectivity index (χ1n) is 5.92. The summed E-state index contributed by atoms with van der Waals surface area (Å²) < 4.78 is 28.5. The fourth-order valence-corrected chi connectivity index (χ4v) is 4.41. The van der Waals surface area contributed by atoms with Gasteiger partial charge in [-0.05, 0) is 25.5 Å². The maximum absolute atomic E-state index is 12.6. The topological polar surface area (TPSA) is 60.4 Å². The molecule has 5 heteroatoms. The molecule has 0 heterocycles. The van der Waals surface area contributed by atoms with E-state index in [9.17, 15) is 13.2 Å². The summed E-state index contributed by atoms with van der Waals surface area (Å²) in [5.74, 6) is -1.09. The van der Waals surface area contributed by atoms with Crippen molar-refractivity contribution in [3.8, 4) is 0 Å². The molecule has 0 saturated heterocycles. The number of carbonyl (C=O) groups excluding carboxylic acids is 1. The van der Waals surface area contributed by atoms with Gasteiger partial charge in [-0.2, -0.15) is 0 Å². The highest BCUT2D eigenvalue weighted by molar-refractivity contribution is 7.94. The summed E-state index contributed by atoms with van der Waals surface area (Å²) in [7, 11) is -2.56. The minimum atomic E-state index is -3.76. The third kappa shape index (κ3) is 1.89. The largest absolute Gasteiger partial charge is 0.468 e. The molecule has 2 unspecified atom stereocenters. The van der Waals surface area contributed by atoms with Gasteiger partial charge in [0.25, 0.3) is 0 Å². The molecule has 19 heavy (non-hydrogen) atoms. The van der Waals surface area contributed by atoms with Crippen LogP contribution in [0.3, 0.4) is 0 Å². The van der Waals surface area contributed by atoms with E-state index < -0.39 is 20.6 Å². The van der Waals surface area contributed by atoms with E-state index in [1.165, 1.54) is 25.3 Å². The molecule has 0 amide bonds. The molecular weight excluding hydrogens is 264 g/mol. The molecule has 0 bridgehead atoms. The van der Waals surface area contributed by atoms with Crippen molar-refractivity contribution in [1.29, 1.82) is 0 Å². The van der Waals surface area contributed by atoms with E-state index in [-0.39, 0.29) is 17.2 Å². The molecule has 1 aromatic rings. The highest BCUT2D eigenvalue weighted by Crippen LogP contribution is 2.54. The number of ether oxygens (including phenoxy) is 1. The highest BCUT2D eigenvalue weighted by Gasteiger charge is 2.69. The van der Waals surface area contributed by atoms with Gasteiger partial charge in [-0.25, -0.2) is 8.42 Å². The molecule has 1 fully saturated rings. The Morgan fingerprint density at radius 1 is 1.42 bits per heavy atom. The lowest BCUT2D eigenvalue weighted by Crippen LogP contribution is -2.35. The van der Waals surface area contributed by atoms with Crippen molar-refractivity contribution in [2.24, 2.45) is 5.92 Å². The van der Waals surface area contributed by atoms with Crippen LogP contribution in [-0.2, 0) is 19.4 Å². The van der Waals surface area contributed by atoms with Gasteiger partial charge in [0.05, 0.1) is 12.0 Å². The number of allylic oxidation sites excluding steroid dienone is 1. The normalized spacial score (nSPS) is 25.7. The standard InChI is InChI=1S/C14H16O4S/c1-4-11-9-14(11,13(15)18-3)19(16,17)12-7-5-10(2)6-8-12/h4-8,11H,1,9H2,2-3H3. The number of benzene rings is 1. The molecule has 2 atom stereocenters. The number of hydrogen-bond acceptors (Lipinski definition) is 4. The number of methoxy groups -OCH3 is 1. The maximum Gasteiger partial charge on any atom is 0.328 e. The third-order valence-electron chi connectivity index (χ3n) is 3.59. The molecule has 0 aromatic heterocycles. The molecule has 0 N–H and O–H groups in total. The quantitative estimate of drug-likeness (QED) is 0.624. The molecule has 4 nitrogen and oxygen atoms in total. The molecule has 1 aromatic carbocycles. The fourth-order valence-electron chi connectivity index (χ4n) is 2.30. The van der Waals surface area contributed by atoms with Crippen molar-refractivity contribution in [3.05, 3.63) is 42.5 Å². The van der Waals surface area contributed by atoms with Gasteiger partial charge in [-0.1, -0.05) is 23.8 Å². The average molecular weight is 280 g/mol. The first-order valence-corrected chi connectivity index (χ1v) is 7.40. The monoisotopic (exact) mass is 280 g/mol. The van der Waals surface area contributed by atoms with Gasteiger partial charge in [0.2, 0.25) is 0 Å². The van der Waals surface area contributed by atoms with Crippen LogP contribution in [0.25, 0.3) is 0 Å². The lowest BCUT2D eigenvalue weighted by atomic mass is 10.2. The molecule has 1 aliphatic rings. The Morgan fingerprint density at radius 3 is 2.42 bits per heavy atom. The van der Waals surface area contributed by atoms with Gasteiger partial charge in [0.15, 0.2) is 14.6 Å². The van der Waals surface area contributed by atoms with Crippen molar-refractivity contribution in [1.82, 2.24) is 0 Å². The Labute approximate surface area is 113 Å². The number of carbonyl (C=O) groups is 1. The van der Waals surface area contributed by atoms with Gasteiger partial charge in [-0.3, -0.25) is 4.79 Å². The van der Waals surface area contributed by atoms with Crippen LogP contribution >= 0.6 is 0 Å². The highest BCUT2D eigenvalue weighted by atomic mass is 32.2. The molecule has 1 aliphatic carbocycles. The van der Waals surface area contributed by atoms with Crippen LogP contribution in [0.2, 0.25) is 0 Å². The summed E-state index contributed by atoms with van der Waals surface area (Å²) in [6, 6.07) is 6.47. The van der Waals surface area contributed by atoms with Crippen LogP contribution in [0.5, 0.6) is 0 Å². The SMILES string of the molecule is C=CC1CC1(C(=O)OC)S(=O)(=O)c1ccc(C)cc1. The van der Waals surface area contributed by atoms with Gasteiger partial charge in [-0.15, -0.1) is 6.58 Å². The number of rotatable bonds is 4. The maximum atomic E-state index is 12.6. The van der Waals surface area contributed by atoms with E-state index in [0.29, 0.717) is 0 Å². The summed E-state index contributed by atoms with van der Waals surface area (Å²) in [6.07, 6.45) is 1.74. The first kappa shape index (κ1) is 13.8. The summed E-state index contributed by atoms with van der Waals surface area (Å²) in [6.45, 7) is 5.45. The smallest absolute Gasteiger partial charge is 0.328 e. The van der Waals surface area contributed by atoms with Gasteiger partial charge in [0.1, 0.15) is 0 Å². The fraction of sp³-hybridized carbons (Fsp3) is 0.357. The Bertz CT molecular complexity index is 615. The molecule has 102 valence electrons. The zero-order valence-corrected chi connectivity index (χ0v) is 11.7. The predicted molar refractivity (Wildman–Crippen MR) is 71.4 cm³/mol. The van der Waals surface area contributed by atoms with E-state index in [1.54, 1.807) is 12.1 Å². The van der Waals surface area contributed by atoms with E-state index in [0.717, 1.165) is 5.56 Å². The Balaban J connectivity index is 2.51. The van der Waals surface area contributed by atoms with Crippen molar-refractivity contribution in [2.75, 3.05) is 7.11 Å². The second kappa shape index (κ2) is 4.49. The minimum Gasteiger partial charge on any atom is -0.468 e. The number of aryl methyl sites for hydroxylation is 1. The number of sulfone groups is 1. The van der Waals surface area contributed by atoms with Crippen molar-refractivity contribution in [3.63, 3.8) is 0 Å². The first-order chi connectivity index (χ1) is 8.90. The van der Waals surface area contributed by atoms with Crippen LogP contribution < -0.4 is 0 Å². The summed E-state index contributed by atoms with van der Waals surface area (Å²) in [5.41, 5.74) is 0.960. The lowest BCUT2D eigenvalue weighted by molar-refractivity contribution is -0.141. The van der Waals surface area contributed by atoms with Crippen LogP contribution in [0.1, 0.15) is 12.0 Å². The van der Waals surface area contributed by atoms with Crippen molar-refractivity contribution in [2.45, 2.75) is 23.0 Å². The van der Waals surface area contributed by atoms with Gasteiger partial charge >= 0.3 is 5.97 Å².